The molecule has 0 aromatic heterocycles. The van der Waals surface area contributed by atoms with E-state index in [0.717, 1.165) is 12.0 Å². The van der Waals surface area contributed by atoms with Gasteiger partial charge < -0.3 is 15.2 Å². The van der Waals surface area contributed by atoms with Gasteiger partial charge in [-0.25, -0.2) is 4.79 Å². The summed E-state index contributed by atoms with van der Waals surface area (Å²) in [4.78, 5) is 22.8. The van der Waals surface area contributed by atoms with Gasteiger partial charge in [-0.15, -0.1) is 0 Å². The molecule has 2 atom stereocenters. The van der Waals surface area contributed by atoms with Gasteiger partial charge in [0.15, 0.2) is 0 Å². The van der Waals surface area contributed by atoms with Crippen LogP contribution in [0, 0.1) is 5.92 Å². The number of rotatable bonds is 5. The number of nitrogens with one attached hydrogen (secondary N) is 1. The Morgan fingerprint density at radius 2 is 2.25 bits per heavy atom. The molecule has 0 aliphatic carbocycles. The molecule has 5 nitrogen and oxygen atoms in total. The van der Waals surface area contributed by atoms with Crippen molar-refractivity contribution in [3.8, 4) is 0 Å². The van der Waals surface area contributed by atoms with Crippen molar-refractivity contribution in [1.29, 1.82) is 0 Å². The first-order valence-corrected chi connectivity index (χ1v) is 6.79. The zero-order chi connectivity index (χ0) is 14.5. The molecule has 1 saturated heterocycles. The molecule has 1 aliphatic rings. The average molecular weight is 277 g/mol. The lowest BCUT2D eigenvalue weighted by Gasteiger charge is -2.14. The maximum Gasteiger partial charge on any atom is 0.335 e. The van der Waals surface area contributed by atoms with E-state index in [2.05, 4.69) is 5.32 Å². The van der Waals surface area contributed by atoms with Crippen LogP contribution in [0.5, 0.6) is 0 Å². The number of benzene rings is 1. The third-order valence-corrected chi connectivity index (χ3v) is 3.60. The number of carbonyl (C=O) groups is 2. The number of carboxylic acids is 1. The Balaban J connectivity index is 1.82. The maximum absolute atomic E-state index is 11.9. The van der Waals surface area contributed by atoms with Gasteiger partial charge >= 0.3 is 5.97 Å². The highest BCUT2D eigenvalue weighted by Crippen LogP contribution is 2.20. The Hall–Kier alpha value is -1.88. The quantitative estimate of drug-likeness (QED) is 0.854. The third-order valence-electron chi connectivity index (χ3n) is 3.60. The molecule has 5 heteroatoms. The molecule has 0 spiro atoms. The van der Waals surface area contributed by atoms with Gasteiger partial charge in [0.2, 0.25) is 5.91 Å². The SMILES string of the molecule is CC1OCCC1C(=O)NCCc1cccc(C(=O)O)c1. The fraction of sp³-hybridized carbons (Fsp3) is 0.467. The van der Waals surface area contributed by atoms with Crippen molar-refractivity contribution in [2.24, 2.45) is 5.92 Å². The minimum absolute atomic E-state index is 0.0180. The first kappa shape index (κ1) is 14.5. The van der Waals surface area contributed by atoms with Gasteiger partial charge in [-0.2, -0.15) is 0 Å². The van der Waals surface area contributed by atoms with Crippen molar-refractivity contribution < 1.29 is 19.4 Å². The van der Waals surface area contributed by atoms with Crippen LogP contribution in [0.25, 0.3) is 0 Å². The molecule has 2 rings (SSSR count). The van der Waals surface area contributed by atoms with Crippen LogP contribution in [0.3, 0.4) is 0 Å². The maximum atomic E-state index is 11.9. The van der Waals surface area contributed by atoms with Gasteiger partial charge in [0.25, 0.3) is 0 Å². The summed E-state index contributed by atoms with van der Waals surface area (Å²) < 4.78 is 5.37. The predicted octanol–water partition coefficient (Wildman–Crippen LogP) is 1.47. The monoisotopic (exact) mass is 277 g/mol. The Morgan fingerprint density at radius 3 is 2.90 bits per heavy atom. The lowest BCUT2D eigenvalue weighted by molar-refractivity contribution is -0.126. The van der Waals surface area contributed by atoms with Gasteiger partial charge in [-0.3, -0.25) is 4.79 Å². The minimum Gasteiger partial charge on any atom is -0.478 e. The molecule has 2 unspecified atom stereocenters. The number of ether oxygens (including phenoxy) is 1. The Kier molecular flexibility index (Phi) is 4.74. The summed E-state index contributed by atoms with van der Waals surface area (Å²) in [5, 5.41) is 11.8. The van der Waals surface area contributed by atoms with E-state index in [4.69, 9.17) is 9.84 Å². The lowest BCUT2D eigenvalue weighted by atomic mass is 10.0. The Morgan fingerprint density at radius 1 is 1.45 bits per heavy atom. The van der Waals surface area contributed by atoms with E-state index in [0.29, 0.717) is 19.6 Å². The molecule has 2 N–H and O–H groups in total. The molecule has 1 aromatic carbocycles. The van der Waals surface area contributed by atoms with Crippen molar-refractivity contribution in [1.82, 2.24) is 5.32 Å². The summed E-state index contributed by atoms with van der Waals surface area (Å²) in [6, 6.07) is 6.77. The number of carbonyl (C=O) groups excluding carboxylic acids is 1. The van der Waals surface area contributed by atoms with Crippen molar-refractivity contribution in [2.75, 3.05) is 13.2 Å². The summed E-state index contributed by atoms with van der Waals surface area (Å²) in [7, 11) is 0. The highest BCUT2D eigenvalue weighted by molar-refractivity contribution is 5.87. The first-order valence-electron chi connectivity index (χ1n) is 6.79. The molecule has 0 bridgehead atoms. The highest BCUT2D eigenvalue weighted by Gasteiger charge is 2.30. The number of hydrogen-bond donors (Lipinski definition) is 2. The second-order valence-corrected chi connectivity index (χ2v) is 5.02. The molecule has 1 heterocycles. The van der Waals surface area contributed by atoms with E-state index in [-0.39, 0.29) is 23.5 Å². The third kappa shape index (κ3) is 3.57. The van der Waals surface area contributed by atoms with Crippen LogP contribution in [0.4, 0.5) is 0 Å². The van der Waals surface area contributed by atoms with Gasteiger partial charge in [0.05, 0.1) is 17.6 Å². The molecule has 0 saturated carbocycles. The fourth-order valence-electron chi connectivity index (χ4n) is 2.40. The minimum atomic E-state index is -0.937. The predicted molar refractivity (Wildman–Crippen MR) is 73.6 cm³/mol. The van der Waals surface area contributed by atoms with E-state index in [9.17, 15) is 9.59 Å². The van der Waals surface area contributed by atoms with E-state index in [1.54, 1.807) is 18.2 Å². The molecular formula is C15H19NO4. The number of amides is 1. The number of hydrogen-bond acceptors (Lipinski definition) is 3. The van der Waals surface area contributed by atoms with E-state index < -0.39 is 5.97 Å². The number of aromatic carboxylic acids is 1. The van der Waals surface area contributed by atoms with Crippen LogP contribution < -0.4 is 5.32 Å². The van der Waals surface area contributed by atoms with Crippen LogP contribution in [-0.4, -0.2) is 36.2 Å². The van der Waals surface area contributed by atoms with Crippen LogP contribution in [0.1, 0.15) is 29.3 Å². The molecule has 108 valence electrons. The van der Waals surface area contributed by atoms with E-state index in [1.807, 2.05) is 13.0 Å². The largest absolute Gasteiger partial charge is 0.478 e. The molecule has 1 fully saturated rings. The van der Waals surface area contributed by atoms with Crippen LogP contribution in [-0.2, 0) is 16.0 Å². The second kappa shape index (κ2) is 6.52. The fourth-order valence-corrected chi connectivity index (χ4v) is 2.40. The molecule has 0 radical (unpaired) electrons. The summed E-state index contributed by atoms with van der Waals surface area (Å²) in [5.74, 6) is -0.988. The normalized spacial score (nSPS) is 21.6. The first-order chi connectivity index (χ1) is 9.58. The van der Waals surface area contributed by atoms with E-state index >= 15 is 0 Å². The Bertz CT molecular complexity index is 500. The topological polar surface area (TPSA) is 75.6 Å². The van der Waals surface area contributed by atoms with Gasteiger partial charge in [0, 0.05) is 13.2 Å². The second-order valence-electron chi connectivity index (χ2n) is 5.02. The molecular weight excluding hydrogens is 258 g/mol. The van der Waals surface area contributed by atoms with Gasteiger partial charge in [-0.05, 0) is 37.5 Å². The molecule has 1 amide bonds. The van der Waals surface area contributed by atoms with Crippen molar-refractivity contribution in [3.05, 3.63) is 35.4 Å². The van der Waals surface area contributed by atoms with Crippen molar-refractivity contribution in [3.63, 3.8) is 0 Å². The van der Waals surface area contributed by atoms with E-state index in [1.165, 1.54) is 0 Å². The van der Waals surface area contributed by atoms with Crippen molar-refractivity contribution in [2.45, 2.75) is 25.9 Å². The van der Waals surface area contributed by atoms with Crippen molar-refractivity contribution >= 4 is 11.9 Å². The highest BCUT2D eigenvalue weighted by atomic mass is 16.5. The van der Waals surface area contributed by atoms with Crippen LogP contribution in [0.2, 0.25) is 0 Å². The summed E-state index contributed by atoms with van der Waals surface area (Å²) in [6.07, 6.45) is 1.36. The molecule has 20 heavy (non-hydrogen) atoms. The zero-order valence-electron chi connectivity index (χ0n) is 11.5. The average Bonchev–Trinajstić information content (AvgIpc) is 2.85. The molecule has 1 aromatic rings. The summed E-state index contributed by atoms with van der Waals surface area (Å²) in [6.45, 7) is 3.05. The summed E-state index contributed by atoms with van der Waals surface area (Å²) >= 11 is 0. The number of carboxylic acid groups (broad SMARTS) is 1. The summed E-state index contributed by atoms with van der Waals surface area (Å²) in [5.41, 5.74) is 1.17. The van der Waals surface area contributed by atoms with Crippen LogP contribution in [0.15, 0.2) is 24.3 Å². The molecule has 1 aliphatic heterocycles. The Labute approximate surface area is 117 Å². The van der Waals surface area contributed by atoms with Crippen LogP contribution >= 0.6 is 0 Å². The smallest absolute Gasteiger partial charge is 0.335 e. The van der Waals surface area contributed by atoms with Gasteiger partial charge in [0.1, 0.15) is 0 Å². The zero-order valence-corrected chi connectivity index (χ0v) is 11.5. The standard InChI is InChI=1S/C15H19NO4/c1-10-13(6-8-20-10)14(17)16-7-5-11-3-2-4-12(9-11)15(18)19/h2-4,9-10,13H,5-8H2,1H3,(H,16,17)(H,18,19). The van der Waals surface area contributed by atoms with Gasteiger partial charge in [-0.1, -0.05) is 12.1 Å². The lowest BCUT2D eigenvalue weighted by Crippen LogP contribution is -2.35.